The van der Waals surface area contributed by atoms with E-state index in [9.17, 15) is 4.79 Å². The molecule has 2 aromatic rings. The molecule has 0 bridgehead atoms. The average Bonchev–Trinajstić information content (AvgIpc) is 3.34. The highest BCUT2D eigenvalue weighted by Gasteiger charge is 2.32. The number of nitrogens with zero attached hydrogens (tertiary/aromatic N) is 4. The number of carbonyl (C=O) groups excluding carboxylic acids is 1. The summed E-state index contributed by atoms with van der Waals surface area (Å²) in [5, 5.41) is 9.59. The smallest absolute Gasteiger partial charge is 0.242 e. The molecule has 26 heavy (non-hydrogen) atoms. The van der Waals surface area contributed by atoms with Gasteiger partial charge in [0.25, 0.3) is 0 Å². The first-order valence-electron chi connectivity index (χ1n) is 9.48. The molecule has 4 heterocycles. The molecule has 2 fully saturated rings. The van der Waals surface area contributed by atoms with Gasteiger partial charge in [-0.25, -0.2) is 9.97 Å². The van der Waals surface area contributed by atoms with E-state index in [1.165, 1.54) is 0 Å². The first kappa shape index (κ1) is 17.6. The van der Waals surface area contributed by atoms with E-state index in [1.807, 2.05) is 5.38 Å². The lowest BCUT2D eigenvalue weighted by Gasteiger charge is -2.27. The Morgan fingerprint density at radius 3 is 3.08 bits per heavy atom. The second kappa shape index (κ2) is 8.28. The van der Waals surface area contributed by atoms with Crippen molar-refractivity contribution in [2.24, 2.45) is 0 Å². The normalized spacial score (nSPS) is 21.4. The maximum atomic E-state index is 12.7. The lowest BCUT2D eigenvalue weighted by Crippen LogP contribution is -2.46. The number of hydrogen-bond acceptors (Lipinski definition) is 7. The number of piperazine rings is 1. The van der Waals surface area contributed by atoms with Gasteiger partial charge in [0, 0.05) is 39.3 Å². The monoisotopic (exact) mass is 374 g/mol. The topological polar surface area (TPSA) is 73.4 Å². The molecule has 2 aliphatic rings. The van der Waals surface area contributed by atoms with E-state index in [2.05, 4.69) is 36.5 Å². The minimum Gasteiger partial charge on any atom is -0.354 e. The largest absolute Gasteiger partial charge is 0.354 e. The quantitative estimate of drug-likeness (QED) is 0.737. The fraction of sp³-hybridized carbons (Fsp3) is 0.611. The molecule has 0 saturated carbocycles. The van der Waals surface area contributed by atoms with E-state index in [1.54, 1.807) is 17.7 Å². The summed E-state index contributed by atoms with van der Waals surface area (Å²) < 4.78 is 0. The van der Waals surface area contributed by atoms with E-state index in [-0.39, 0.29) is 11.9 Å². The van der Waals surface area contributed by atoms with Crippen LogP contribution in [-0.2, 0) is 4.79 Å². The van der Waals surface area contributed by atoms with Gasteiger partial charge in [0.15, 0.2) is 0 Å². The van der Waals surface area contributed by atoms with Gasteiger partial charge < -0.3 is 20.4 Å². The summed E-state index contributed by atoms with van der Waals surface area (Å²) in [6.07, 6.45) is 4.52. The fourth-order valence-electron chi connectivity index (χ4n) is 3.87. The molecule has 2 saturated heterocycles. The van der Waals surface area contributed by atoms with E-state index < -0.39 is 0 Å². The number of anilines is 1. The molecule has 0 radical (unpaired) electrons. The zero-order valence-corrected chi connectivity index (χ0v) is 15.8. The van der Waals surface area contributed by atoms with Crippen LogP contribution in [0.1, 0.15) is 19.3 Å². The third-order valence-electron chi connectivity index (χ3n) is 5.23. The Bertz CT molecular complexity index is 744. The predicted molar refractivity (Wildman–Crippen MR) is 105 cm³/mol. The molecular weight excluding hydrogens is 348 g/mol. The minimum absolute atomic E-state index is 0.118. The van der Waals surface area contributed by atoms with Crippen molar-refractivity contribution in [3.63, 3.8) is 0 Å². The van der Waals surface area contributed by atoms with Gasteiger partial charge in [-0.2, -0.15) is 0 Å². The van der Waals surface area contributed by atoms with Crippen LogP contribution in [0, 0.1) is 0 Å². The predicted octanol–water partition coefficient (Wildman–Crippen LogP) is 1.07. The number of fused-ring (bicyclic) bond motifs is 1. The summed E-state index contributed by atoms with van der Waals surface area (Å²) in [5.41, 5.74) is 0. The molecule has 2 N–H and O–H groups in total. The van der Waals surface area contributed by atoms with Gasteiger partial charge in [-0.15, -0.1) is 11.3 Å². The lowest BCUT2D eigenvalue weighted by molar-refractivity contribution is -0.122. The van der Waals surface area contributed by atoms with E-state index >= 15 is 0 Å². The second-order valence-corrected chi connectivity index (χ2v) is 7.82. The molecule has 1 atom stereocenters. The van der Waals surface area contributed by atoms with E-state index in [0.29, 0.717) is 0 Å². The second-order valence-electron chi connectivity index (χ2n) is 6.92. The molecule has 2 aliphatic heterocycles. The van der Waals surface area contributed by atoms with Crippen molar-refractivity contribution in [3.8, 4) is 0 Å². The molecule has 0 aliphatic carbocycles. The van der Waals surface area contributed by atoms with Gasteiger partial charge in [-0.1, -0.05) is 0 Å². The van der Waals surface area contributed by atoms with Crippen LogP contribution in [0.25, 0.3) is 10.2 Å². The average molecular weight is 375 g/mol. The number of aromatic nitrogens is 2. The lowest BCUT2D eigenvalue weighted by atomic mass is 10.2. The zero-order valence-electron chi connectivity index (χ0n) is 15.0. The fourth-order valence-corrected chi connectivity index (χ4v) is 4.59. The molecule has 8 heteroatoms. The van der Waals surface area contributed by atoms with Crippen LogP contribution >= 0.6 is 11.3 Å². The summed E-state index contributed by atoms with van der Waals surface area (Å²) in [6, 6.07) is 1.93. The first-order chi connectivity index (χ1) is 12.8. The number of carbonyl (C=O) groups is 1. The number of thiophene rings is 1. The molecule has 7 nitrogen and oxygen atoms in total. The summed E-state index contributed by atoms with van der Waals surface area (Å²) in [7, 11) is 0. The number of nitrogens with one attached hydrogen (secondary N) is 2. The molecule has 4 rings (SSSR count). The number of hydrogen-bond donors (Lipinski definition) is 2. The Balaban J connectivity index is 1.33. The van der Waals surface area contributed by atoms with Crippen molar-refractivity contribution in [3.05, 3.63) is 17.8 Å². The molecule has 140 valence electrons. The van der Waals surface area contributed by atoms with Gasteiger partial charge in [-0.3, -0.25) is 4.79 Å². The molecule has 1 amide bonds. The molecular formula is C18H26N6OS. The van der Waals surface area contributed by atoms with Crippen molar-refractivity contribution >= 4 is 33.3 Å². The van der Waals surface area contributed by atoms with Crippen LogP contribution in [0.3, 0.4) is 0 Å². The highest BCUT2D eigenvalue weighted by Crippen LogP contribution is 2.31. The SMILES string of the molecule is O=C(NCCCN1CCNCC1)C1CCCN1c1ncnc2sccc12. The van der Waals surface area contributed by atoms with Crippen LogP contribution in [-0.4, -0.2) is 72.6 Å². The zero-order chi connectivity index (χ0) is 17.8. The van der Waals surface area contributed by atoms with E-state index in [0.717, 1.165) is 81.1 Å². The molecule has 2 aromatic heterocycles. The Kier molecular flexibility index (Phi) is 5.62. The molecule has 0 spiro atoms. The standard InChI is InChI=1S/C18H26N6OS/c25-17(20-5-2-8-23-10-6-19-7-11-23)15-3-1-9-24(15)16-14-4-12-26-18(14)22-13-21-16/h4,12-13,15,19H,1-3,5-11H2,(H,20,25). The maximum absolute atomic E-state index is 12.7. The van der Waals surface area contributed by atoms with Crippen molar-refractivity contribution in [1.82, 2.24) is 25.5 Å². The molecule has 0 aromatic carbocycles. The van der Waals surface area contributed by atoms with Crippen molar-refractivity contribution in [1.29, 1.82) is 0 Å². The summed E-state index contributed by atoms with van der Waals surface area (Å²) in [5.74, 6) is 1.03. The maximum Gasteiger partial charge on any atom is 0.242 e. The van der Waals surface area contributed by atoms with Crippen LogP contribution in [0.2, 0.25) is 0 Å². The number of rotatable bonds is 6. The van der Waals surface area contributed by atoms with Crippen LogP contribution < -0.4 is 15.5 Å². The van der Waals surface area contributed by atoms with Crippen molar-refractivity contribution in [2.45, 2.75) is 25.3 Å². The summed E-state index contributed by atoms with van der Waals surface area (Å²) in [4.78, 5) is 27.1. The summed E-state index contributed by atoms with van der Waals surface area (Å²) in [6.45, 7) is 7.02. The Morgan fingerprint density at radius 1 is 1.31 bits per heavy atom. The van der Waals surface area contributed by atoms with Crippen molar-refractivity contribution < 1.29 is 4.79 Å². The van der Waals surface area contributed by atoms with Crippen LogP contribution in [0.5, 0.6) is 0 Å². The number of amides is 1. The molecule has 1 unspecified atom stereocenters. The Morgan fingerprint density at radius 2 is 2.19 bits per heavy atom. The van der Waals surface area contributed by atoms with Crippen molar-refractivity contribution in [2.75, 3.05) is 50.7 Å². The third-order valence-corrected chi connectivity index (χ3v) is 6.05. The Labute approximate surface area is 157 Å². The van der Waals surface area contributed by atoms with Gasteiger partial charge in [0.1, 0.15) is 23.0 Å². The Hall–Kier alpha value is -1.77. The van der Waals surface area contributed by atoms with Crippen LogP contribution in [0.15, 0.2) is 17.8 Å². The highest BCUT2D eigenvalue weighted by molar-refractivity contribution is 7.16. The van der Waals surface area contributed by atoms with Crippen LogP contribution in [0.4, 0.5) is 5.82 Å². The highest BCUT2D eigenvalue weighted by atomic mass is 32.1. The first-order valence-corrected chi connectivity index (χ1v) is 10.4. The van der Waals surface area contributed by atoms with Gasteiger partial charge in [0.05, 0.1) is 5.39 Å². The van der Waals surface area contributed by atoms with E-state index in [4.69, 9.17) is 0 Å². The van der Waals surface area contributed by atoms with Gasteiger partial charge >= 0.3 is 0 Å². The minimum atomic E-state index is -0.118. The summed E-state index contributed by atoms with van der Waals surface area (Å²) >= 11 is 1.61. The van der Waals surface area contributed by atoms with Gasteiger partial charge in [-0.05, 0) is 37.3 Å². The third kappa shape index (κ3) is 3.82. The van der Waals surface area contributed by atoms with Gasteiger partial charge in [0.2, 0.25) is 5.91 Å².